The standard InChI is InChI=1S/C16H22N4O2/c1-11-9-20(8-7-14(11)17)10-15-18-16(19-22-15)12-3-5-13(21-2)6-4-12/h3-6,11,14H,7-10,17H2,1-2H3. The van der Waals surface area contributed by atoms with Crippen molar-refractivity contribution >= 4 is 0 Å². The molecule has 0 radical (unpaired) electrons. The molecule has 1 fully saturated rings. The fourth-order valence-corrected chi connectivity index (χ4v) is 2.76. The number of ether oxygens (including phenoxy) is 1. The third-order valence-corrected chi connectivity index (χ3v) is 4.23. The molecule has 0 saturated carbocycles. The van der Waals surface area contributed by atoms with E-state index in [-0.39, 0.29) is 0 Å². The van der Waals surface area contributed by atoms with Gasteiger partial charge >= 0.3 is 0 Å². The number of aromatic nitrogens is 2. The number of piperidine rings is 1. The second kappa shape index (κ2) is 6.46. The highest BCUT2D eigenvalue weighted by Gasteiger charge is 2.24. The molecule has 1 aromatic carbocycles. The van der Waals surface area contributed by atoms with E-state index in [1.54, 1.807) is 7.11 Å². The minimum Gasteiger partial charge on any atom is -0.497 e. The molecule has 2 N–H and O–H groups in total. The summed E-state index contributed by atoms with van der Waals surface area (Å²) >= 11 is 0. The van der Waals surface area contributed by atoms with Crippen molar-refractivity contribution in [2.24, 2.45) is 11.7 Å². The van der Waals surface area contributed by atoms with Crippen molar-refractivity contribution < 1.29 is 9.26 Å². The summed E-state index contributed by atoms with van der Waals surface area (Å²) in [5.74, 6) is 2.57. The lowest BCUT2D eigenvalue weighted by atomic mass is 9.95. The van der Waals surface area contributed by atoms with Gasteiger partial charge in [0.25, 0.3) is 0 Å². The van der Waals surface area contributed by atoms with Crippen LogP contribution >= 0.6 is 0 Å². The number of nitrogens with zero attached hydrogens (tertiary/aromatic N) is 3. The van der Waals surface area contributed by atoms with Crippen molar-refractivity contribution in [3.63, 3.8) is 0 Å². The summed E-state index contributed by atoms with van der Waals surface area (Å²) in [7, 11) is 1.65. The zero-order chi connectivity index (χ0) is 15.5. The Balaban J connectivity index is 1.65. The Morgan fingerprint density at radius 1 is 1.36 bits per heavy atom. The average molecular weight is 302 g/mol. The average Bonchev–Trinajstić information content (AvgIpc) is 2.99. The molecule has 1 aromatic heterocycles. The number of hydrogen-bond acceptors (Lipinski definition) is 6. The summed E-state index contributed by atoms with van der Waals surface area (Å²) in [6, 6.07) is 7.93. The molecule has 3 rings (SSSR count). The molecule has 6 heteroatoms. The van der Waals surface area contributed by atoms with Gasteiger partial charge in [0, 0.05) is 24.7 Å². The van der Waals surface area contributed by atoms with Gasteiger partial charge in [0.2, 0.25) is 11.7 Å². The van der Waals surface area contributed by atoms with Gasteiger partial charge in [-0.05, 0) is 36.6 Å². The summed E-state index contributed by atoms with van der Waals surface area (Å²) in [4.78, 5) is 6.80. The first-order chi connectivity index (χ1) is 10.7. The molecule has 2 aromatic rings. The normalized spacial score (nSPS) is 22.7. The first kappa shape index (κ1) is 15.0. The molecule has 0 spiro atoms. The van der Waals surface area contributed by atoms with E-state index in [1.165, 1.54) is 0 Å². The van der Waals surface area contributed by atoms with Crippen molar-refractivity contribution in [3.05, 3.63) is 30.2 Å². The van der Waals surface area contributed by atoms with Gasteiger partial charge in [-0.25, -0.2) is 0 Å². The molecule has 2 atom stereocenters. The SMILES string of the molecule is COc1ccc(-c2noc(CN3CCC(N)C(C)C3)n2)cc1. The van der Waals surface area contributed by atoms with Gasteiger partial charge in [0.1, 0.15) is 5.75 Å². The maximum atomic E-state index is 6.05. The van der Waals surface area contributed by atoms with Gasteiger partial charge in [-0.1, -0.05) is 12.1 Å². The molecule has 0 amide bonds. The molecule has 0 bridgehead atoms. The maximum Gasteiger partial charge on any atom is 0.241 e. The van der Waals surface area contributed by atoms with E-state index < -0.39 is 0 Å². The minimum absolute atomic E-state index is 0.300. The highest BCUT2D eigenvalue weighted by atomic mass is 16.5. The molecular weight excluding hydrogens is 280 g/mol. The second-order valence-electron chi connectivity index (χ2n) is 5.91. The van der Waals surface area contributed by atoms with E-state index in [4.69, 9.17) is 15.0 Å². The monoisotopic (exact) mass is 302 g/mol. The number of nitrogens with two attached hydrogens (primary N) is 1. The summed E-state index contributed by atoms with van der Waals surface area (Å²) in [6.07, 6.45) is 1.01. The Morgan fingerprint density at radius 2 is 2.14 bits per heavy atom. The summed E-state index contributed by atoms with van der Waals surface area (Å²) in [5.41, 5.74) is 6.97. The van der Waals surface area contributed by atoms with Crippen LogP contribution in [-0.2, 0) is 6.54 Å². The van der Waals surface area contributed by atoms with E-state index in [0.717, 1.165) is 30.8 Å². The van der Waals surface area contributed by atoms with Crippen LogP contribution in [0.25, 0.3) is 11.4 Å². The fraction of sp³-hybridized carbons (Fsp3) is 0.500. The smallest absolute Gasteiger partial charge is 0.241 e. The molecule has 6 nitrogen and oxygen atoms in total. The van der Waals surface area contributed by atoms with Gasteiger partial charge in [-0.2, -0.15) is 4.98 Å². The van der Waals surface area contributed by atoms with E-state index in [0.29, 0.717) is 30.2 Å². The van der Waals surface area contributed by atoms with Crippen LogP contribution in [0.2, 0.25) is 0 Å². The molecule has 22 heavy (non-hydrogen) atoms. The highest BCUT2D eigenvalue weighted by molar-refractivity contribution is 5.55. The van der Waals surface area contributed by atoms with Crippen LogP contribution in [-0.4, -0.2) is 41.3 Å². The topological polar surface area (TPSA) is 77.4 Å². The van der Waals surface area contributed by atoms with Crippen molar-refractivity contribution in [2.75, 3.05) is 20.2 Å². The van der Waals surface area contributed by atoms with Crippen LogP contribution in [0.4, 0.5) is 0 Å². The van der Waals surface area contributed by atoms with Crippen LogP contribution in [0, 0.1) is 5.92 Å². The Hall–Kier alpha value is -1.92. The third kappa shape index (κ3) is 3.28. The van der Waals surface area contributed by atoms with Crippen LogP contribution < -0.4 is 10.5 Å². The molecular formula is C16H22N4O2. The van der Waals surface area contributed by atoms with Crippen molar-refractivity contribution in [1.29, 1.82) is 0 Å². The van der Waals surface area contributed by atoms with Crippen LogP contribution in [0.15, 0.2) is 28.8 Å². The maximum absolute atomic E-state index is 6.05. The lowest BCUT2D eigenvalue weighted by Crippen LogP contribution is -2.45. The number of hydrogen-bond donors (Lipinski definition) is 1. The Bertz CT molecular complexity index is 611. The quantitative estimate of drug-likeness (QED) is 0.929. The molecule has 1 aliphatic rings. The zero-order valence-electron chi connectivity index (χ0n) is 13.0. The van der Waals surface area contributed by atoms with E-state index in [9.17, 15) is 0 Å². The van der Waals surface area contributed by atoms with Gasteiger partial charge in [-0.15, -0.1) is 0 Å². The first-order valence-electron chi connectivity index (χ1n) is 7.60. The summed E-state index contributed by atoms with van der Waals surface area (Å²) in [5, 5.41) is 4.06. The summed E-state index contributed by atoms with van der Waals surface area (Å²) in [6.45, 7) is 4.82. The number of methoxy groups -OCH3 is 1. The Morgan fingerprint density at radius 3 is 2.82 bits per heavy atom. The predicted octanol–water partition coefficient (Wildman–Crippen LogP) is 1.91. The van der Waals surface area contributed by atoms with E-state index in [2.05, 4.69) is 22.0 Å². The second-order valence-corrected chi connectivity index (χ2v) is 5.91. The van der Waals surface area contributed by atoms with Crippen LogP contribution in [0.1, 0.15) is 19.2 Å². The largest absolute Gasteiger partial charge is 0.497 e. The van der Waals surface area contributed by atoms with Crippen LogP contribution in [0.3, 0.4) is 0 Å². The lowest BCUT2D eigenvalue weighted by Gasteiger charge is -2.34. The van der Waals surface area contributed by atoms with Gasteiger partial charge < -0.3 is 15.0 Å². The van der Waals surface area contributed by atoms with Crippen molar-refractivity contribution in [3.8, 4) is 17.1 Å². The third-order valence-electron chi connectivity index (χ3n) is 4.23. The fourth-order valence-electron chi connectivity index (χ4n) is 2.76. The minimum atomic E-state index is 0.300. The number of likely N-dealkylation sites (tertiary alicyclic amines) is 1. The number of benzene rings is 1. The van der Waals surface area contributed by atoms with E-state index >= 15 is 0 Å². The lowest BCUT2D eigenvalue weighted by molar-refractivity contribution is 0.142. The Labute approximate surface area is 130 Å². The molecule has 2 heterocycles. The predicted molar refractivity (Wildman–Crippen MR) is 83.3 cm³/mol. The van der Waals surface area contributed by atoms with Gasteiger partial charge in [0.15, 0.2) is 0 Å². The zero-order valence-corrected chi connectivity index (χ0v) is 13.0. The molecule has 0 aliphatic carbocycles. The van der Waals surface area contributed by atoms with Gasteiger partial charge in [0.05, 0.1) is 13.7 Å². The summed E-state index contributed by atoms with van der Waals surface area (Å²) < 4.78 is 10.5. The molecule has 2 unspecified atom stereocenters. The van der Waals surface area contributed by atoms with Crippen molar-refractivity contribution in [1.82, 2.24) is 15.0 Å². The van der Waals surface area contributed by atoms with Crippen LogP contribution in [0.5, 0.6) is 5.75 Å². The van der Waals surface area contributed by atoms with Crippen molar-refractivity contribution in [2.45, 2.75) is 25.9 Å². The molecule has 118 valence electrons. The number of rotatable bonds is 4. The highest BCUT2D eigenvalue weighted by Crippen LogP contribution is 2.21. The molecule has 1 aliphatic heterocycles. The van der Waals surface area contributed by atoms with E-state index in [1.807, 2.05) is 24.3 Å². The van der Waals surface area contributed by atoms with Gasteiger partial charge in [-0.3, -0.25) is 4.90 Å². The Kier molecular flexibility index (Phi) is 4.40. The molecule has 1 saturated heterocycles. The first-order valence-corrected chi connectivity index (χ1v) is 7.60.